The van der Waals surface area contributed by atoms with Crippen LogP contribution < -0.4 is 10.6 Å². The maximum absolute atomic E-state index is 12.8. The summed E-state index contributed by atoms with van der Waals surface area (Å²) in [4.78, 5) is 24.0. The number of aromatic nitrogens is 5. The van der Waals surface area contributed by atoms with Gasteiger partial charge in [0.15, 0.2) is 0 Å². The van der Waals surface area contributed by atoms with Crippen LogP contribution in [0.3, 0.4) is 0 Å². The standard InChI is InChI=1S/C22H16F5N7O/c23-20(24)34-12-18(11-31-34)33-21-29-7-15(8-30-21)14-3-1-13(2-4-14)5-19(35)32-17-6-16(9-28-10-17)22(25,26)27/h1-4,6-12,20H,5H2,(H,32,35)(H,29,30,33). The van der Waals surface area contributed by atoms with Gasteiger partial charge in [-0.2, -0.15) is 27.1 Å². The van der Waals surface area contributed by atoms with Crippen molar-refractivity contribution in [3.63, 3.8) is 0 Å². The van der Waals surface area contributed by atoms with E-state index < -0.39 is 24.2 Å². The Balaban J connectivity index is 1.35. The van der Waals surface area contributed by atoms with Gasteiger partial charge in [0, 0.05) is 24.2 Å². The zero-order valence-corrected chi connectivity index (χ0v) is 17.7. The Morgan fingerprint density at radius 1 is 0.943 bits per heavy atom. The van der Waals surface area contributed by atoms with Gasteiger partial charge in [0.25, 0.3) is 0 Å². The lowest BCUT2D eigenvalue weighted by atomic mass is 10.0. The van der Waals surface area contributed by atoms with Crippen molar-refractivity contribution in [2.45, 2.75) is 19.1 Å². The molecule has 0 aliphatic heterocycles. The van der Waals surface area contributed by atoms with Gasteiger partial charge in [0.05, 0.1) is 41.9 Å². The molecule has 3 heterocycles. The number of rotatable bonds is 7. The van der Waals surface area contributed by atoms with E-state index in [1.54, 1.807) is 24.3 Å². The lowest BCUT2D eigenvalue weighted by molar-refractivity contribution is -0.137. The summed E-state index contributed by atoms with van der Waals surface area (Å²) in [5.41, 5.74) is 1.38. The van der Waals surface area contributed by atoms with Crippen LogP contribution in [0.1, 0.15) is 17.7 Å². The molecule has 4 rings (SSSR count). The second-order valence-corrected chi connectivity index (χ2v) is 7.29. The van der Waals surface area contributed by atoms with Gasteiger partial charge in [-0.1, -0.05) is 24.3 Å². The molecule has 0 bridgehead atoms. The number of alkyl halides is 5. The summed E-state index contributed by atoms with van der Waals surface area (Å²) < 4.78 is 64.0. The van der Waals surface area contributed by atoms with Gasteiger partial charge in [0.2, 0.25) is 11.9 Å². The molecule has 0 unspecified atom stereocenters. The summed E-state index contributed by atoms with van der Waals surface area (Å²) in [6.45, 7) is -2.75. The van der Waals surface area contributed by atoms with Gasteiger partial charge >= 0.3 is 12.7 Å². The summed E-state index contributed by atoms with van der Waals surface area (Å²) >= 11 is 0. The van der Waals surface area contributed by atoms with Crippen molar-refractivity contribution in [1.82, 2.24) is 24.7 Å². The SMILES string of the molecule is O=C(Cc1ccc(-c2cnc(Nc3cnn(C(F)F)c3)nc2)cc1)Nc1cncc(C(F)(F)F)c1. The minimum Gasteiger partial charge on any atom is -0.324 e. The average molecular weight is 489 g/mol. The molecule has 1 aromatic carbocycles. The first-order chi connectivity index (χ1) is 16.7. The molecule has 13 heteroatoms. The van der Waals surface area contributed by atoms with Crippen molar-refractivity contribution < 1.29 is 26.7 Å². The van der Waals surface area contributed by atoms with Gasteiger partial charge in [0.1, 0.15) is 0 Å². The van der Waals surface area contributed by atoms with Crippen molar-refractivity contribution >= 4 is 23.2 Å². The summed E-state index contributed by atoms with van der Waals surface area (Å²) in [5.74, 6) is -0.298. The van der Waals surface area contributed by atoms with E-state index in [1.807, 2.05) is 0 Å². The number of halogens is 5. The lowest BCUT2D eigenvalue weighted by Gasteiger charge is -2.09. The Labute approximate surface area is 194 Å². The quantitative estimate of drug-likeness (QED) is 0.352. The summed E-state index contributed by atoms with van der Waals surface area (Å²) in [6.07, 6.45) is 2.63. The van der Waals surface area contributed by atoms with Crippen LogP contribution in [0.4, 0.5) is 39.3 Å². The third-order valence-corrected chi connectivity index (χ3v) is 4.71. The molecule has 35 heavy (non-hydrogen) atoms. The molecule has 8 nitrogen and oxygen atoms in total. The normalized spacial score (nSPS) is 11.5. The van der Waals surface area contributed by atoms with E-state index in [1.165, 1.54) is 18.6 Å². The van der Waals surface area contributed by atoms with E-state index in [4.69, 9.17) is 0 Å². The molecule has 0 spiro atoms. The minimum atomic E-state index is -4.56. The van der Waals surface area contributed by atoms with Gasteiger partial charge < -0.3 is 10.6 Å². The Hall–Kier alpha value is -4.42. The lowest BCUT2D eigenvalue weighted by Crippen LogP contribution is -2.15. The van der Waals surface area contributed by atoms with E-state index in [0.717, 1.165) is 24.0 Å². The van der Waals surface area contributed by atoms with Crippen LogP contribution in [0.2, 0.25) is 0 Å². The Morgan fingerprint density at radius 2 is 1.66 bits per heavy atom. The van der Waals surface area contributed by atoms with E-state index in [9.17, 15) is 26.7 Å². The summed E-state index contributed by atoms with van der Waals surface area (Å²) in [6, 6.07) is 7.70. The van der Waals surface area contributed by atoms with Crippen LogP contribution in [-0.2, 0) is 17.4 Å². The number of benzene rings is 1. The second-order valence-electron chi connectivity index (χ2n) is 7.29. The molecule has 0 fully saturated rings. The predicted octanol–water partition coefficient (Wildman–Crippen LogP) is 5.07. The Kier molecular flexibility index (Phi) is 6.66. The van der Waals surface area contributed by atoms with E-state index in [-0.39, 0.29) is 18.1 Å². The first-order valence-corrected chi connectivity index (χ1v) is 10.00. The number of pyridine rings is 1. The topological polar surface area (TPSA) is 97.6 Å². The van der Waals surface area contributed by atoms with Gasteiger partial charge in [-0.3, -0.25) is 9.78 Å². The van der Waals surface area contributed by atoms with Crippen molar-refractivity contribution in [1.29, 1.82) is 0 Å². The van der Waals surface area contributed by atoms with E-state index in [2.05, 4.69) is 30.7 Å². The number of carbonyl (C=O) groups is 1. The average Bonchev–Trinajstić information content (AvgIpc) is 3.29. The Bertz CT molecular complexity index is 1310. The van der Waals surface area contributed by atoms with Crippen LogP contribution in [-0.4, -0.2) is 30.6 Å². The highest BCUT2D eigenvalue weighted by molar-refractivity contribution is 5.92. The van der Waals surface area contributed by atoms with Crippen molar-refractivity contribution in [2.24, 2.45) is 0 Å². The fourth-order valence-electron chi connectivity index (χ4n) is 3.05. The maximum Gasteiger partial charge on any atom is 0.417 e. The zero-order valence-electron chi connectivity index (χ0n) is 17.7. The molecule has 1 amide bonds. The first kappa shape index (κ1) is 23.7. The number of anilines is 3. The predicted molar refractivity (Wildman–Crippen MR) is 116 cm³/mol. The van der Waals surface area contributed by atoms with Gasteiger partial charge in [-0.15, -0.1) is 0 Å². The monoisotopic (exact) mass is 489 g/mol. The first-order valence-electron chi connectivity index (χ1n) is 10.00. The van der Waals surface area contributed by atoms with Crippen LogP contribution in [0.5, 0.6) is 0 Å². The highest BCUT2D eigenvalue weighted by Gasteiger charge is 2.31. The number of hydrogen-bond donors (Lipinski definition) is 2. The molecule has 0 saturated heterocycles. The van der Waals surface area contributed by atoms with Gasteiger partial charge in [-0.25, -0.2) is 14.6 Å². The number of carbonyl (C=O) groups excluding carboxylic acids is 1. The van der Waals surface area contributed by atoms with Crippen LogP contribution in [0, 0.1) is 0 Å². The van der Waals surface area contributed by atoms with E-state index >= 15 is 0 Å². The third kappa shape index (κ3) is 6.13. The molecule has 180 valence electrons. The molecular formula is C22H16F5N7O. The molecule has 0 atom stereocenters. The fourth-order valence-corrected chi connectivity index (χ4v) is 3.05. The highest BCUT2D eigenvalue weighted by atomic mass is 19.4. The summed E-state index contributed by atoms with van der Waals surface area (Å²) in [5, 5.41) is 8.69. The molecule has 0 saturated carbocycles. The number of nitrogens with one attached hydrogen (secondary N) is 2. The molecular weight excluding hydrogens is 473 g/mol. The molecule has 2 N–H and O–H groups in total. The maximum atomic E-state index is 12.8. The van der Waals surface area contributed by atoms with E-state index in [0.29, 0.717) is 27.7 Å². The molecule has 0 aliphatic carbocycles. The minimum absolute atomic E-state index is 0.0474. The molecule has 0 radical (unpaired) electrons. The molecule has 3 aromatic heterocycles. The van der Waals surface area contributed by atoms with Crippen LogP contribution in [0.15, 0.2) is 67.5 Å². The van der Waals surface area contributed by atoms with Gasteiger partial charge in [-0.05, 0) is 17.2 Å². The molecule has 0 aliphatic rings. The van der Waals surface area contributed by atoms with Crippen molar-refractivity contribution in [3.05, 3.63) is 78.6 Å². The number of amides is 1. The number of nitrogens with zero attached hydrogens (tertiary/aromatic N) is 5. The smallest absolute Gasteiger partial charge is 0.324 e. The fraction of sp³-hybridized carbons (Fsp3) is 0.136. The number of hydrogen-bond acceptors (Lipinski definition) is 6. The molecule has 4 aromatic rings. The van der Waals surface area contributed by atoms with Crippen molar-refractivity contribution in [3.8, 4) is 11.1 Å². The Morgan fingerprint density at radius 3 is 2.29 bits per heavy atom. The summed E-state index contributed by atoms with van der Waals surface area (Å²) in [7, 11) is 0. The van der Waals surface area contributed by atoms with Crippen molar-refractivity contribution in [2.75, 3.05) is 10.6 Å². The zero-order chi connectivity index (χ0) is 25.0. The second kappa shape index (κ2) is 9.83. The third-order valence-electron chi connectivity index (χ3n) is 4.71. The van der Waals surface area contributed by atoms with Crippen LogP contribution in [0.25, 0.3) is 11.1 Å². The highest BCUT2D eigenvalue weighted by Crippen LogP contribution is 2.30. The largest absolute Gasteiger partial charge is 0.417 e. The van der Waals surface area contributed by atoms with Crippen LogP contribution >= 0.6 is 0 Å².